The van der Waals surface area contributed by atoms with E-state index in [1.165, 1.54) is 5.56 Å². The van der Waals surface area contributed by atoms with Gasteiger partial charge in [-0.05, 0) is 43.1 Å². The summed E-state index contributed by atoms with van der Waals surface area (Å²) in [4.78, 5) is 0. The maximum Gasteiger partial charge on any atom is 0.0522 e. The third kappa shape index (κ3) is 3.96. The quantitative estimate of drug-likeness (QED) is 0.913. The molecule has 0 fully saturated rings. The minimum atomic E-state index is 0.196. The molecule has 2 rings (SSSR count). The van der Waals surface area contributed by atoms with Crippen LogP contribution in [0.5, 0.6) is 0 Å². The van der Waals surface area contributed by atoms with Crippen LogP contribution in [0.25, 0.3) is 0 Å². The van der Waals surface area contributed by atoms with Crippen molar-refractivity contribution in [1.82, 2.24) is 15.1 Å². The highest BCUT2D eigenvalue weighted by Crippen LogP contribution is 2.25. The summed E-state index contributed by atoms with van der Waals surface area (Å²) >= 11 is 12.1. The van der Waals surface area contributed by atoms with Crippen LogP contribution in [-0.2, 0) is 13.5 Å². The van der Waals surface area contributed by atoms with Crippen LogP contribution < -0.4 is 5.32 Å². The molecular weight excluding hydrogens is 281 g/mol. The van der Waals surface area contributed by atoms with E-state index in [0.29, 0.717) is 10.0 Å². The molecule has 0 saturated heterocycles. The Morgan fingerprint density at radius 1 is 1.37 bits per heavy atom. The average molecular weight is 298 g/mol. The Kier molecular flexibility index (Phi) is 4.86. The Bertz CT molecular complexity index is 551. The lowest BCUT2D eigenvalue weighted by Gasteiger charge is -2.15. The monoisotopic (exact) mass is 297 g/mol. The average Bonchev–Trinajstić information content (AvgIpc) is 2.75. The van der Waals surface area contributed by atoms with Crippen molar-refractivity contribution in [2.45, 2.75) is 19.4 Å². The molecule has 1 aromatic heterocycles. The molecular formula is C14H17Cl2N3. The molecule has 102 valence electrons. The zero-order chi connectivity index (χ0) is 13.8. The van der Waals surface area contributed by atoms with Gasteiger partial charge >= 0.3 is 0 Å². The molecule has 5 heteroatoms. The molecule has 19 heavy (non-hydrogen) atoms. The Balaban J connectivity index is 1.88. The van der Waals surface area contributed by atoms with Crippen LogP contribution in [0.3, 0.4) is 0 Å². The van der Waals surface area contributed by atoms with Crippen molar-refractivity contribution >= 4 is 23.2 Å². The fourth-order valence-electron chi connectivity index (χ4n) is 2.00. The number of aryl methyl sites for hydroxylation is 1. The van der Waals surface area contributed by atoms with Gasteiger partial charge in [0, 0.05) is 29.3 Å². The van der Waals surface area contributed by atoms with Crippen LogP contribution in [0, 0.1) is 0 Å². The Labute approximate surface area is 123 Å². The molecule has 0 bridgehead atoms. The summed E-state index contributed by atoms with van der Waals surface area (Å²) < 4.78 is 1.81. The second kappa shape index (κ2) is 6.42. The van der Waals surface area contributed by atoms with Crippen LogP contribution in [0.15, 0.2) is 30.6 Å². The molecule has 0 aliphatic carbocycles. The summed E-state index contributed by atoms with van der Waals surface area (Å²) in [7, 11) is 1.92. The molecule has 2 aromatic rings. The zero-order valence-electron chi connectivity index (χ0n) is 11.0. The van der Waals surface area contributed by atoms with Gasteiger partial charge in [-0.25, -0.2) is 0 Å². The van der Waals surface area contributed by atoms with E-state index in [1.807, 2.05) is 36.3 Å². The number of aromatic nitrogens is 2. The third-order valence-electron chi connectivity index (χ3n) is 3.05. The van der Waals surface area contributed by atoms with E-state index < -0.39 is 0 Å². The van der Waals surface area contributed by atoms with Gasteiger partial charge in [-0.3, -0.25) is 4.68 Å². The molecule has 1 N–H and O–H groups in total. The molecule has 3 nitrogen and oxygen atoms in total. The van der Waals surface area contributed by atoms with Crippen LogP contribution in [-0.4, -0.2) is 16.3 Å². The number of benzene rings is 1. The lowest BCUT2D eigenvalue weighted by atomic mass is 10.1. The summed E-state index contributed by atoms with van der Waals surface area (Å²) in [6, 6.07) is 5.80. The molecule has 0 aliphatic heterocycles. The van der Waals surface area contributed by atoms with Gasteiger partial charge in [0.15, 0.2) is 0 Å². The number of rotatable bonds is 5. The first-order valence-electron chi connectivity index (χ1n) is 6.22. The Morgan fingerprint density at radius 2 is 2.16 bits per heavy atom. The van der Waals surface area contributed by atoms with Gasteiger partial charge in [-0.15, -0.1) is 0 Å². The number of hydrogen-bond acceptors (Lipinski definition) is 2. The first kappa shape index (κ1) is 14.4. The van der Waals surface area contributed by atoms with Crippen molar-refractivity contribution in [2.75, 3.05) is 6.54 Å². The fraction of sp³-hybridized carbons (Fsp3) is 0.357. The minimum Gasteiger partial charge on any atom is -0.310 e. The predicted octanol–water partition coefficient (Wildman–Crippen LogP) is 3.62. The largest absolute Gasteiger partial charge is 0.310 e. The van der Waals surface area contributed by atoms with Crippen molar-refractivity contribution in [1.29, 1.82) is 0 Å². The highest BCUT2D eigenvalue weighted by atomic mass is 35.5. The smallest absolute Gasteiger partial charge is 0.0522 e. The van der Waals surface area contributed by atoms with Crippen molar-refractivity contribution in [3.8, 4) is 0 Å². The van der Waals surface area contributed by atoms with Crippen molar-refractivity contribution in [2.24, 2.45) is 7.05 Å². The molecule has 0 saturated carbocycles. The second-order valence-corrected chi connectivity index (χ2v) is 5.46. The maximum atomic E-state index is 6.19. The number of hydrogen-bond donors (Lipinski definition) is 1. The van der Waals surface area contributed by atoms with E-state index in [9.17, 15) is 0 Å². The molecule has 0 spiro atoms. The summed E-state index contributed by atoms with van der Waals surface area (Å²) in [5, 5.41) is 8.97. The maximum absolute atomic E-state index is 6.19. The molecule has 0 amide bonds. The number of halogens is 2. The Hall–Kier alpha value is -1.03. The molecule has 1 unspecified atom stereocenters. The van der Waals surface area contributed by atoms with Gasteiger partial charge < -0.3 is 5.32 Å². The fourth-order valence-corrected chi connectivity index (χ4v) is 2.57. The van der Waals surface area contributed by atoms with Gasteiger partial charge in [0.05, 0.1) is 6.20 Å². The normalized spacial score (nSPS) is 12.6. The first-order chi connectivity index (χ1) is 9.06. The van der Waals surface area contributed by atoms with Crippen LogP contribution >= 0.6 is 23.2 Å². The van der Waals surface area contributed by atoms with E-state index >= 15 is 0 Å². The first-order valence-corrected chi connectivity index (χ1v) is 6.97. The van der Waals surface area contributed by atoms with Crippen molar-refractivity contribution in [3.63, 3.8) is 0 Å². The highest BCUT2D eigenvalue weighted by Gasteiger charge is 2.09. The summed E-state index contributed by atoms with van der Waals surface area (Å²) in [5.74, 6) is 0. The van der Waals surface area contributed by atoms with Gasteiger partial charge in [0.2, 0.25) is 0 Å². The van der Waals surface area contributed by atoms with E-state index in [1.54, 1.807) is 6.07 Å². The van der Waals surface area contributed by atoms with Crippen LogP contribution in [0.2, 0.25) is 10.0 Å². The lowest BCUT2D eigenvalue weighted by molar-refractivity contribution is 0.577. The van der Waals surface area contributed by atoms with Gasteiger partial charge in [-0.2, -0.15) is 5.10 Å². The molecule has 1 aromatic carbocycles. The van der Waals surface area contributed by atoms with Gasteiger partial charge in [0.1, 0.15) is 0 Å². The topological polar surface area (TPSA) is 29.9 Å². The summed E-state index contributed by atoms with van der Waals surface area (Å²) in [6.07, 6.45) is 4.87. The van der Waals surface area contributed by atoms with Crippen LogP contribution in [0.4, 0.5) is 0 Å². The van der Waals surface area contributed by atoms with Crippen molar-refractivity contribution in [3.05, 3.63) is 51.8 Å². The minimum absolute atomic E-state index is 0.196. The van der Waals surface area contributed by atoms with E-state index in [-0.39, 0.29) is 6.04 Å². The van der Waals surface area contributed by atoms with E-state index in [0.717, 1.165) is 18.5 Å². The van der Waals surface area contributed by atoms with E-state index in [4.69, 9.17) is 23.2 Å². The van der Waals surface area contributed by atoms with Gasteiger partial charge in [-0.1, -0.05) is 29.3 Å². The SMILES string of the molecule is CC(NCCc1cnn(C)c1)c1ccc(Cl)cc1Cl. The van der Waals surface area contributed by atoms with Gasteiger partial charge in [0.25, 0.3) is 0 Å². The predicted molar refractivity (Wildman–Crippen MR) is 79.8 cm³/mol. The number of nitrogens with one attached hydrogen (secondary N) is 1. The molecule has 0 radical (unpaired) electrons. The number of nitrogens with zero attached hydrogens (tertiary/aromatic N) is 2. The summed E-state index contributed by atoms with van der Waals surface area (Å²) in [6.45, 7) is 2.98. The third-order valence-corrected chi connectivity index (χ3v) is 3.61. The zero-order valence-corrected chi connectivity index (χ0v) is 12.5. The molecule has 0 aliphatic rings. The second-order valence-electron chi connectivity index (χ2n) is 4.61. The summed E-state index contributed by atoms with van der Waals surface area (Å²) in [5.41, 5.74) is 2.29. The lowest BCUT2D eigenvalue weighted by Crippen LogP contribution is -2.21. The molecule has 1 heterocycles. The Morgan fingerprint density at radius 3 is 2.79 bits per heavy atom. The standard InChI is InChI=1S/C14H17Cl2N3/c1-10(13-4-3-12(15)7-14(13)16)17-6-5-11-8-18-19(2)9-11/h3-4,7-10,17H,5-6H2,1-2H3. The van der Waals surface area contributed by atoms with E-state index in [2.05, 4.69) is 17.3 Å². The van der Waals surface area contributed by atoms with Crippen LogP contribution in [0.1, 0.15) is 24.1 Å². The highest BCUT2D eigenvalue weighted by molar-refractivity contribution is 6.35. The van der Waals surface area contributed by atoms with Crippen molar-refractivity contribution < 1.29 is 0 Å². The molecule has 1 atom stereocenters.